The maximum atomic E-state index is 12.7. The molecule has 1 saturated heterocycles. The maximum Gasteiger partial charge on any atom is 0.255 e. The molecule has 7 heteroatoms. The van der Waals surface area contributed by atoms with E-state index < -0.39 is 0 Å². The van der Waals surface area contributed by atoms with Crippen LogP contribution in [-0.2, 0) is 9.47 Å². The van der Waals surface area contributed by atoms with Gasteiger partial charge in [-0.3, -0.25) is 9.59 Å². The second kappa shape index (κ2) is 10.6. The molecule has 0 saturated carbocycles. The second-order valence-electron chi connectivity index (χ2n) is 6.75. The summed E-state index contributed by atoms with van der Waals surface area (Å²) in [5, 5.41) is 5.82. The first-order chi connectivity index (χ1) is 14.2. The molecule has 0 radical (unpaired) electrons. The molecule has 2 N–H and O–H groups in total. The van der Waals surface area contributed by atoms with Gasteiger partial charge in [-0.2, -0.15) is 0 Å². The molecule has 7 nitrogen and oxygen atoms in total. The summed E-state index contributed by atoms with van der Waals surface area (Å²) in [6.45, 7) is 4.09. The van der Waals surface area contributed by atoms with Gasteiger partial charge in [0.15, 0.2) is 0 Å². The molecule has 2 amide bonds. The van der Waals surface area contributed by atoms with E-state index in [2.05, 4.69) is 15.5 Å². The van der Waals surface area contributed by atoms with E-state index in [4.69, 9.17) is 9.47 Å². The molecule has 0 unspecified atom stereocenters. The number of carbonyl (C=O) groups is 2. The van der Waals surface area contributed by atoms with Crippen molar-refractivity contribution in [3.8, 4) is 0 Å². The lowest BCUT2D eigenvalue weighted by Crippen LogP contribution is -2.36. The van der Waals surface area contributed by atoms with Crippen LogP contribution in [0, 0.1) is 0 Å². The van der Waals surface area contributed by atoms with Crippen LogP contribution in [0.5, 0.6) is 0 Å². The summed E-state index contributed by atoms with van der Waals surface area (Å²) in [6.07, 6.45) is 0.755. The molecule has 2 aromatic carbocycles. The van der Waals surface area contributed by atoms with Crippen molar-refractivity contribution in [3.05, 3.63) is 59.7 Å². The lowest BCUT2D eigenvalue weighted by atomic mass is 10.1. The summed E-state index contributed by atoms with van der Waals surface area (Å²) >= 11 is 0. The van der Waals surface area contributed by atoms with Crippen LogP contribution in [0.1, 0.15) is 27.1 Å². The summed E-state index contributed by atoms with van der Waals surface area (Å²) in [6, 6.07) is 14.4. The van der Waals surface area contributed by atoms with Gasteiger partial charge in [0.1, 0.15) is 0 Å². The van der Waals surface area contributed by atoms with E-state index >= 15 is 0 Å². The summed E-state index contributed by atoms with van der Waals surface area (Å²) in [7, 11) is 1.63. The van der Waals surface area contributed by atoms with Gasteiger partial charge in [0.25, 0.3) is 11.8 Å². The summed E-state index contributed by atoms with van der Waals surface area (Å²) in [5.74, 6) is -0.372. The quantitative estimate of drug-likeness (QED) is 0.669. The average molecular weight is 397 g/mol. The molecular weight excluding hydrogens is 370 g/mol. The number of methoxy groups -OCH3 is 1. The minimum atomic E-state index is -0.210. The van der Waals surface area contributed by atoms with E-state index in [1.54, 1.807) is 31.4 Å². The highest BCUT2D eigenvalue weighted by atomic mass is 16.5. The van der Waals surface area contributed by atoms with Crippen molar-refractivity contribution >= 4 is 23.2 Å². The Kier molecular flexibility index (Phi) is 7.61. The molecule has 154 valence electrons. The van der Waals surface area contributed by atoms with Crippen LogP contribution < -0.4 is 15.5 Å². The van der Waals surface area contributed by atoms with Gasteiger partial charge in [0, 0.05) is 44.5 Å². The molecule has 1 heterocycles. The number of morpholine rings is 1. The Balaban J connectivity index is 1.62. The van der Waals surface area contributed by atoms with Crippen LogP contribution in [0.15, 0.2) is 48.5 Å². The number of carbonyl (C=O) groups excluding carboxylic acids is 2. The van der Waals surface area contributed by atoms with Crippen molar-refractivity contribution < 1.29 is 19.1 Å². The van der Waals surface area contributed by atoms with Crippen LogP contribution in [0.2, 0.25) is 0 Å². The van der Waals surface area contributed by atoms with Crippen LogP contribution in [0.25, 0.3) is 0 Å². The van der Waals surface area contributed by atoms with Crippen molar-refractivity contribution in [1.29, 1.82) is 0 Å². The fraction of sp³-hybridized carbons (Fsp3) is 0.364. The van der Waals surface area contributed by atoms with Gasteiger partial charge >= 0.3 is 0 Å². The Morgan fingerprint density at radius 3 is 2.34 bits per heavy atom. The first kappa shape index (κ1) is 20.8. The Morgan fingerprint density at radius 2 is 1.66 bits per heavy atom. The number of nitrogens with one attached hydrogen (secondary N) is 2. The Labute approximate surface area is 171 Å². The fourth-order valence-corrected chi connectivity index (χ4v) is 3.15. The molecule has 2 aromatic rings. The van der Waals surface area contributed by atoms with E-state index in [0.717, 1.165) is 30.9 Å². The third-order valence-electron chi connectivity index (χ3n) is 4.72. The molecule has 1 aliphatic heterocycles. The molecule has 0 aromatic heterocycles. The number of amides is 2. The smallest absolute Gasteiger partial charge is 0.255 e. The van der Waals surface area contributed by atoms with Crippen LogP contribution >= 0.6 is 0 Å². The van der Waals surface area contributed by atoms with Gasteiger partial charge in [0.05, 0.1) is 24.6 Å². The molecule has 1 fully saturated rings. The third-order valence-corrected chi connectivity index (χ3v) is 4.72. The van der Waals surface area contributed by atoms with E-state index in [1.807, 2.05) is 24.3 Å². The fourth-order valence-electron chi connectivity index (χ4n) is 3.15. The van der Waals surface area contributed by atoms with Gasteiger partial charge in [-0.15, -0.1) is 0 Å². The van der Waals surface area contributed by atoms with Crippen molar-refractivity contribution in [2.75, 3.05) is 56.8 Å². The zero-order valence-corrected chi connectivity index (χ0v) is 16.6. The molecule has 0 aliphatic carbocycles. The number of rotatable bonds is 8. The molecule has 0 spiro atoms. The number of nitrogens with zero attached hydrogens (tertiary/aromatic N) is 1. The third kappa shape index (κ3) is 5.79. The van der Waals surface area contributed by atoms with Gasteiger partial charge in [-0.05, 0) is 42.8 Å². The second-order valence-corrected chi connectivity index (χ2v) is 6.75. The average Bonchev–Trinajstić information content (AvgIpc) is 2.77. The van der Waals surface area contributed by atoms with E-state index in [-0.39, 0.29) is 11.8 Å². The van der Waals surface area contributed by atoms with Crippen molar-refractivity contribution in [1.82, 2.24) is 5.32 Å². The van der Waals surface area contributed by atoms with Gasteiger partial charge in [0.2, 0.25) is 0 Å². The van der Waals surface area contributed by atoms with Crippen molar-refractivity contribution in [3.63, 3.8) is 0 Å². The molecule has 0 bridgehead atoms. The molecule has 0 atom stereocenters. The maximum absolute atomic E-state index is 12.7. The molecular formula is C22H27N3O4. The largest absolute Gasteiger partial charge is 0.385 e. The van der Waals surface area contributed by atoms with Crippen LogP contribution in [0.4, 0.5) is 11.4 Å². The Morgan fingerprint density at radius 1 is 1.00 bits per heavy atom. The SMILES string of the molecule is COCCCNC(=O)c1ccc(C(=O)Nc2ccccc2N2CCOCC2)cc1. The Hall–Kier alpha value is -2.90. The molecule has 29 heavy (non-hydrogen) atoms. The zero-order chi connectivity index (χ0) is 20.5. The highest BCUT2D eigenvalue weighted by Gasteiger charge is 2.16. The van der Waals surface area contributed by atoms with Crippen molar-refractivity contribution in [2.45, 2.75) is 6.42 Å². The van der Waals surface area contributed by atoms with Gasteiger partial charge in [-0.1, -0.05) is 12.1 Å². The number of ether oxygens (including phenoxy) is 2. The number of hydrogen-bond acceptors (Lipinski definition) is 5. The molecule has 3 rings (SSSR count). The molecule has 1 aliphatic rings. The highest BCUT2D eigenvalue weighted by molar-refractivity contribution is 6.06. The summed E-state index contributed by atoms with van der Waals surface area (Å²) in [5.41, 5.74) is 2.76. The first-order valence-corrected chi connectivity index (χ1v) is 9.79. The number of para-hydroxylation sites is 2. The van der Waals surface area contributed by atoms with Crippen LogP contribution in [0.3, 0.4) is 0 Å². The monoisotopic (exact) mass is 397 g/mol. The predicted molar refractivity (Wildman–Crippen MR) is 113 cm³/mol. The van der Waals surface area contributed by atoms with Gasteiger partial charge < -0.3 is 25.0 Å². The summed E-state index contributed by atoms with van der Waals surface area (Å²) in [4.78, 5) is 27.0. The van der Waals surface area contributed by atoms with E-state index in [0.29, 0.717) is 37.5 Å². The standard InChI is InChI=1S/C22H27N3O4/c1-28-14-4-11-23-21(26)17-7-9-18(10-8-17)22(27)24-19-5-2-3-6-20(19)25-12-15-29-16-13-25/h2-3,5-10H,4,11-16H2,1H3,(H,23,26)(H,24,27). The topological polar surface area (TPSA) is 79.9 Å². The minimum Gasteiger partial charge on any atom is -0.385 e. The Bertz CT molecular complexity index is 817. The number of anilines is 2. The zero-order valence-electron chi connectivity index (χ0n) is 16.6. The highest BCUT2D eigenvalue weighted by Crippen LogP contribution is 2.26. The predicted octanol–water partition coefficient (Wildman–Crippen LogP) is 2.54. The number of benzene rings is 2. The van der Waals surface area contributed by atoms with Crippen LogP contribution in [-0.4, -0.2) is 58.4 Å². The summed E-state index contributed by atoms with van der Waals surface area (Å²) < 4.78 is 10.4. The number of hydrogen-bond donors (Lipinski definition) is 2. The normalized spacial score (nSPS) is 13.8. The lowest BCUT2D eigenvalue weighted by Gasteiger charge is -2.30. The lowest BCUT2D eigenvalue weighted by molar-refractivity contribution is 0.0946. The minimum absolute atomic E-state index is 0.161. The van der Waals surface area contributed by atoms with Crippen molar-refractivity contribution in [2.24, 2.45) is 0 Å². The first-order valence-electron chi connectivity index (χ1n) is 9.79. The van der Waals surface area contributed by atoms with E-state index in [1.165, 1.54) is 0 Å². The van der Waals surface area contributed by atoms with Gasteiger partial charge in [-0.25, -0.2) is 0 Å². The van der Waals surface area contributed by atoms with E-state index in [9.17, 15) is 9.59 Å².